The fourth-order valence-corrected chi connectivity index (χ4v) is 3.29. The van der Waals surface area contributed by atoms with Crippen molar-refractivity contribution in [3.05, 3.63) is 28.7 Å². The number of nitrogens with zero attached hydrogens (tertiary/aromatic N) is 2. The molecule has 1 saturated heterocycles. The van der Waals surface area contributed by atoms with Crippen molar-refractivity contribution in [1.29, 1.82) is 0 Å². The minimum atomic E-state index is -0.601. The SMILES string of the molecule is C[C@@H](NC(=O)OC(C)(C)C)C(=O)N1CCN(CCCOc2ccc(Br)cc2)CC1. The molecule has 1 atom stereocenters. The molecule has 7 nitrogen and oxygen atoms in total. The van der Waals surface area contributed by atoms with Crippen LogP contribution in [0.5, 0.6) is 5.75 Å². The van der Waals surface area contributed by atoms with Gasteiger partial charge in [-0.3, -0.25) is 9.69 Å². The number of benzene rings is 1. The molecule has 1 fully saturated rings. The molecule has 1 aliphatic heterocycles. The molecule has 8 heteroatoms. The van der Waals surface area contributed by atoms with Crippen molar-refractivity contribution in [2.75, 3.05) is 39.3 Å². The second kappa shape index (κ2) is 10.8. The highest BCUT2D eigenvalue weighted by Crippen LogP contribution is 2.16. The topological polar surface area (TPSA) is 71.1 Å². The first-order valence-corrected chi connectivity index (χ1v) is 10.8. The molecule has 162 valence electrons. The zero-order chi connectivity index (χ0) is 21.4. The maximum atomic E-state index is 12.6. The van der Waals surface area contributed by atoms with Gasteiger partial charge in [-0.1, -0.05) is 15.9 Å². The third-order valence-corrected chi connectivity index (χ3v) is 5.02. The number of rotatable bonds is 7. The average Bonchev–Trinajstić information content (AvgIpc) is 2.65. The highest BCUT2D eigenvalue weighted by atomic mass is 79.9. The van der Waals surface area contributed by atoms with Crippen LogP contribution in [0.25, 0.3) is 0 Å². The molecular formula is C21H32BrN3O4. The summed E-state index contributed by atoms with van der Waals surface area (Å²) in [5, 5.41) is 2.62. The Balaban J connectivity index is 1.64. The van der Waals surface area contributed by atoms with E-state index in [2.05, 4.69) is 26.1 Å². The number of carbonyl (C=O) groups is 2. The lowest BCUT2D eigenvalue weighted by Gasteiger charge is -2.36. The minimum absolute atomic E-state index is 0.0749. The van der Waals surface area contributed by atoms with Gasteiger partial charge in [-0.15, -0.1) is 0 Å². The molecule has 29 heavy (non-hydrogen) atoms. The van der Waals surface area contributed by atoms with E-state index in [9.17, 15) is 9.59 Å². The number of halogens is 1. The summed E-state index contributed by atoms with van der Waals surface area (Å²) in [4.78, 5) is 28.5. The van der Waals surface area contributed by atoms with Crippen molar-refractivity contribution in [2.45, 2.75) is 45.8 Å². The van der Waals surface area contributed by atoms with E-state index in [1.807, 2.05) is 24.3 Å². The maximum absolute atomic E-state index is 12.6. The number of nitrogens with one attached hydrogen (secondary N) is 1. The predicted octanol–water partition coefficient (Wildman–Crippen LogP) is 3.28. The Kier molecular flexibility index (Phi) is 8.77. The number of amides is 2. The number of piperazine rings is 1. The first kappa shape index (κ1) is 23.5. The second-order valence-corrected chi connectivity index (χ2v) is 9.11. The third kappa shape index (κ3) is 8.62. The van der Waals surface area contributed by atoms with E-state index < -0.39 is 17.7 Å². The number of hydrogen-bond donors (Lipinski definition) is 1. The van der Waals surface area contributed by atoms with E-state index in [-0.39, 0.29) is 5.91 Å². The van der Waals surface area contributed by atoms with Gasteiger partial charge < -0.3 is 19.7 Å². The summed E-state index contributed by atoms with van der Waals surface area (Å²) in [7, 11) is 0. The van der Waals surface area contributed by atoms with Gasteiger partial charge in [0.25, 0.3) is 0 Å². The van der Waals surface area contributed by atoms with E-state index in [4.69, 9.17) is 9.47 Å². The van der Waals surface area contributed by atoms with Crippen LogP contribution < -0.4 is 10.1 Å². The van der Waals surface area contributed by atoms with Crippen LogP contribution in [0.3, 0.4) is 0 Å². The number of ether oxygens (including phenoxy) is 2. The molecule has 0 bridgehead atoms. The first-order valence-electron chi connectivity index (χ1n) is 10.0. The molecule has 0 aliphatic carbocycles. The van der Waals surface area contributed by atoms with Gasteiger partial charge in [-0.05, 0) is 58.4 Å². The van der Waals surface area contributed by atoms with Crippen LogP contribution in [0.4, 0.5) is 4.79 Å². The Labute approximate surface area is 181 Å². The molecule has 0 spiro atoms. The number of hydrogen-bond acceptors (Lipinski definition) is 5. The molecule has 0 aromatic heterocycles. The number of alkyl carbamates (subject to hydrolysis) is 1. The zero-order valence-corrected chi connectivity index (χ0v) is 19.3. The standard InChI is InChI=1S/C21H32BrN3O4/c1-16(23-20(27)29-21(2,3)4)19(26)25-13-11-24(12-14-25)10-5-15-28-18-8-6-17(22)7-9-18/h6-9,16H,5,10-15H2,1-4H3,(H,23,27)/t16-/m1/s1. The molecule has 1 heterocycles. The average molecular weight is 470 g/mol. The molecule has 1 aliphatic rings. The van der Waals surface area contributed by atoms with E-state index >= 15 is 0 Å². The monoisotopic (exact) mass is 469 g/mol. The van der Waals surface area contributed by atoms with Crippen LogP contribution in [0.15, 0.2) is 28.7 Å². The minimum Gasteiger partial charge on any atom is -0.494 e. The van der Waals surface area contributed by atoms with Crippen LogP contribution in [0, 0.1) is 0 Å². The summed E-state index contributed by atoms with van der Waals surface area (Å²) < 4.78 is 12.0. The van der Waals surface area contributed by atoms with Crippen LogP contribution in [-0.2, 0) is 9.53 Å². The van der Waals surface area contributed by atoms with Gasteiger partial charge in [0.1, 0.15) is 17.4 Å². The van der Waals surface area contributed by atoms with Crippen molar-refractivity contribution in [3.8, 4) is 5.75 Å². The summed E-state index contributed by atoms with van der Waals surface area (Å²) >= 11 is 3.41. The quantitative estimate of drug-likeness (QED) is 0.620. The van der Waals surface area contributed by atoms with Gasteiger partial charge in [0.15, 0.2) is 0 Å². The molecule has 1 N–H and O–H groups in total. The molecule has 1 aromatic carbocycles. The fourth-order valence-electron chi connectivity index (χ4n) is 3.02. The Morgan fingerprint density at radius 3 is 2.34 bits per heavy atom. The predicted molar refractivity (Wildman–Crippen MR) is 116 cm³/mol. The summed E-state index contributed by atoms with van der Waals surface area (Å²) in [6.07, 6.45) is 0.364. The summed E-state index contributed by atoms with van der Waals surface area (Å²) in [6, 6.07) is 7.21. The maximum Gasteiger partial charge on any atom is 0.408 e. The lowest BCUT2D eigenvalue weighted by atomic mass is 10.2. The highest BCUT2D eigenvalue weighted by molar-refractivity contribution is 9.10. The van der Waals surface area contributed by atoms with Gasteiger partial charge >= 0.3 is 6.09 Å². The van der Waals surface area contributed by atoms with E-state index in [1.54, 1.807) is 32.6 Å². The molecule has 0 unspecified atom stereocenters. The lowest BCUT2D eigenvalue weighted by Crippen LogP contribution is -2.54. The van der Waals surface area contributed by atoms with Crippen molar-refractivity contribution in [2.24, 2.45) is 0 Å². The number of carbonyl (C=O) groups excluding carboxylic acids is 2. The van der Waals surface area contributed by atoms with Crippen LogP contribution in [0.1, 0.15) is 34.1 Å². The largest absolute Gasteiger partial charge is 0.494 e. The van der Waals surface area contributed by atoms with Gasteiger partial charge in [0, 0.05) is 37.2 Å². The molecular weight excluding hydrogens is 438 g/mol. The van der Waals surface area contributed by atoms with E-state index in [1.165, 1.54) is 0 Å². The smallest absolute Gasteiger partial charge is 0.408 e. The molecule has 0 radical (unpaired) electrons. The Hall–Kier alpha value is -1.80. The van der Waals surface area contributed by atoms with Crippen LogP contribution >= 0.6 is 15.9 Å². The van der Waals surface area contributed by atoms with Gasteiger partial charge in [-0.25, -0.2) is 4.79 Å². The Bertz CT molecular complexity index is 667. The Morgan fingerprint density at radius 1 is 1.14 bits per heavy atom. The van der Waals surface area contributed by atoms with E-state index in [0.717, 1.165) is 36.3 Å². The van der Waals surface area contributed by atoms with Crippen molar-refractivity contribution >= 4 is 27.9 Å². The fraction of sp³-hybridized carbons (Fsp3) is 0.619. The van der Waals surface area contributed by atoms with Gasteiger partial charge in [0.2, 0.25) is 5.91 Å². The van der Waals surface area contributed by atoms with Crippen molar-refractivity contribution in [3.63, 3.8) is 0 Å². The van der Waals surface area contributed by atoms with Crippen LogP contribution in [0.2, 0.25) is 0 Å². The highest BCUT2D eigenvalue weighted by Gasteiger charge is 2.27. The van der Waals surface area contributed by atoms with Gasteiger partial charge in [0.05, 0.1) is 6.61 Å². The summed E-state index contributed by atoms with van der Waals surface area (Å²) in [6.45, 7) is 11.6. The molecule has 2 rings (SSSR count). The summed E-state index contributed by atoms with van der Waals surface area (Å²) in [5.74, 6) is 0.796. The van der Waals surface area contributed by atoms with Crippen molar-refractivity contribution in [1.82, 2.24) is 15.1 Å². The second-order valence-electron chi connectivity index (χ2n) is 8.19. The third-order valence-electron chi connectivity index (χ3n) is 4.49. The van der Waals surface area contributed by atoms with Crippen molar-refractivity contribution < 1.29 is 19.1 Å². The molecule has 1 aromatic rings. The molecule has 0 saturated carbocycles. The first-order chi connectivity index (χ1) is 13.6. The van der Waals surface area contributed by atoms with E-state index in [0.29, 0.717) is 19.7 Å². The van der Waals surface area contributed by atoms with Crippen LogP contribution in [-0.4, -0.2) is 72.8 Å². The lowest BCUT2D eigenvalue weighted by molar-refractivity contribution is -0.134. The normalized spacial score (nSPS) is 16.2. The van der Waals surface area contributed by atoms with Gasteiger partial charge in [-0.2, -0.15) is 0 Å². The zero-order valence-electron chi connectivity index (χ0n) is 17.7. The Morgan fingerprint density at radius 2 is 1.76 bits per heavy atom. The molecule has 2 amide bonds. The summed E-state index contributed by atoms with van der Waals surface area (Å²) in [5.41, 5.74) is -0.584.